The number of rotatable bonds is 4. The van der Waals surface area contributed by atoms with Gasteiger partial charge in [-0.15, -0.1) is 13.2 Å². The summed E-state index contributed by atoms with van der Waals surface area (Å²) in [6.45, 7) is 4.15. The Hall–Kier alpha value is -2.18. The Morgan fingerprint density at radius 2 is 1.90 bits per heavy atom. The van der Waals surface area contributed by atoms with Crippen molar-refractivity contribution >= 4 is 5.69 Å². The van der Waals surface area contributed by atoms with Crippen molar-refractivity contribution < 1.29 is 17.9 Å². The van der Waals surface area contributed by atoms with Gasteiger partial charge >= 0.3 is 6.36 Å². The number of nitrogens with one attached hydrogen (secondary N) is 1. The standard InChI is InChI=1S/C14H16F3N3O/c1-9-11(10(2)20(3)19-9)8-18-12-6-4-5-7-13(12)21-14(15,16)17/h4-7,18H,8H2,1-3H3. The predicted molar refractivity (Wildman–Crippen MR) is 73.1 cm³/mol. The van der Waals surface area contributed by atoms with Crippen LogP contribution in [0.4, 0.5) is 18.9 Å². The Balaban J connectivity index is 2.17. The third-order valence-electron chi connectivity index (χ3n) is 3.23. The zero-order valence-corrected chi connectivity index (χ0v) is 12.0. The van der Waals surface area contributed by atoms with E-state index in [0.29, 0.717) is 6.54 Å². The predicted octanol–water partition coefficient (Wildman–Crippen LogP) is 3.55. The first-order valence-corrected chi connectivity index (χ1v) is 6.35. The molecule has 0 bridgehead atoms. The van der Waals surface area contributed by atoms with E-state index >= 15 is 0 Å². The quantitative estimate of drug-likeness (QED) is 0.938. The lowest BCUT2D eigenvalue weighted by molar-refractivity contribution is -0.274. The molecule has 2 rings (SSSR count). The first-order chi connectivity index (χ1) is 9.78. The van der Waals surface area contributed by atoms with Crippen LogP contribution in [0.1, 0.15) is 17.0 Å². The summed E-state index contributed by atoms with van der Waals surface area (Å²) in [4.78, 5) is 0. The minimum atomic E-state index is -4.71. The zero-order chi connectivity index (χ0) is 15.6. The van der Waals surface area contributed by atoms with Crippen LogP contribution in [0.2, 0.25) is 0 Å². The summed E-state index contributed by atoms with van der Waals surface area (Å²) in [5.74, 6) is -0.246. The fourth-order valence-electron chi connectivity index (χ4n) is 2.08. The zero-order valence-electron chi connectivity index (χ0n) is 12.0. The molecule has 0 fully saturated rings. The van der Waals surface area contributed by atoms with E-state index in [-0.39, 0.29) is 11.4 Å². The number of para-hydroxylation sites is 2. The number of alkyl halides is 3. The van der Waals surface area contributed by atoms with Crippen LogP contribution < -0.4 is 10.1 Å². The van der Waals surface area contributed by atoms with E-state index in [1.165, 1.54) is 12.1 Å². The topological polar surface area (TPSA) is 39.1 Å². The van der Waals surface area contributed by atoms with Crippen molar-refractivity contribution in [1.82, 2.24) is 9.78 Å². The first kappa shape index (κ1) is 15.2. The van der Waals surface area contributed by atoms with Gasteiger partial charge in [0.05, 0.1) is 11.4 Å². The highest BCUT2D eigenvalue weighted by molar-refractivity contribution is 5.56. The molecule has 1 N–H and O–H groups in total. The van der Waals surface area contributed by atoms with Crippen molar-refractivity contribution in [3.63, 3.8) is 0 Å². The van der Waals surface area contributed by atoms with Gasteiger partial charge in [0.25, 0.3) is 0 Å². The molecular weight excluding hydrogens is 283 g/mol. The molecule has 1 heterocycles. The van der Waals surface area contributed by atoms with Crippen LogP contribution in [0.15, 0.2) is 24.3 Å². The second kappa shape index (κ2) is 5.67. The van der Waals surface area contributed by atoms with Gasteiger partial charge in [-0.05, 0) is 26.0 Å². The molecule has 0 atom stereocenters. The molecule has 0 radical (unpaired) electrons. The highest BCUT2D eigenvalue weighted by Crippen LogP contribution is 2.30. The number of ether oxygens (including phenoxy) is 1. The molecule has 0 aliphatic rings. The molecule has 7 heteroatoms. The van der Waals surface area contributed by atoms with Crippen LogP contribution in [0.5, 0.6) is 5.75 Å². The number of benzene rings is 1. The van der Waals surface area contributed by atoms with Gasteiger partial charge in [0, 0.05) is 24.8 Å². The monoisotopic (exact) mass is 299 g/mol. The molecular formula is C14H16F3N3O. The Morgan fingerprint density at radius 3 is 2.48 bits per heavy atom. The molecule has 114 valence electrons. The van der Waals surface area contributed by atoms with Gasteiger partial charge in [0.15, 0.2) is 5.75 Å². The lowest BCUT2D eigenvalue weighted by Crippen LogP contribution is -2.18. The van der Waals surface area contributed by atoms with Gasteiger partial charge in [-0.2, -0.15) is 5.10 Å². The molecule has 0 saturated heterocycles. The molecule has 0 spiro atoms. The van der Waals surface area contributed by atoms with Gasteiger partial charge in [-0.25, -0.2) is 0 Å². The maximum atomic E-state index is 12.4. The summed E-state index contributed by atoms with van der Waals surface area (Å²) in [7, 11) is 1.83. The maximum absolute atomic E-state index is 12.4. The van der Waals surface area contributed by atoms with Crippen molar-refractivity contribution in [2.75, 3.05) is 5.32 Å². The van der Waals surface area contributed by atoms with E-state index in [4.69, 9.17) is 0 Å². The van der Waals surface area contributed by atoms with Crippen LogP contribution >= 0.6 is 0 Å². The van der Waals surface area contributed by atoms with Gasteiger partial charge in [0.1, 0.15) is 0 Å². The fourth-order valence-corrected chi connectivity index (χ4v) is 2.08. The van der Waals surface area contributed by atoms with Crippen LogP contribution in [0.25, 0.3) is 0 Å². The summed E-state index contributed by atoms with van der Waals surface area (Å²) in [6.07, 6.45) is -4.71. The minimum Gasteiger partial charge on any atom is -0.404 e. The molecule has 4 nitrogen and oxygen atoms in total. The fraction of sp³-hybridized carbons (Fsp3) is 0.357. The molecule has 0 saturated carbocycles. The summed E-state index contributed by atoms with van der Waals surface area (Å²) < 4.78 is 42.8. The highest BCUT2D eigenvalue weighted by Gasteiger charge is 2.32. The summed E-state index contributed by atoms with van der Waals surface area (Å²) in [6, 6.07) is 5.96. The average Bonchev–Trinajstić information content (AvgIpc) is 2.61. The smallest absolute Gasteiger partial charge is 0.404 e. The van der Waals surface area contributed by atoms with Crippen LogP contribution in [0.3, 0.4) is 0 Å². The molecule has 1 aromatic carbocycles. The van der Waals surface area contributed by atoms with Crippen LogP contribution in [0, 0.1) is 13.8 Å². The lowest BCUT2D eigenvalue weighted by atomic mass is 10.2. The van der Waals surface area contributed by atoms with E-state index < -0.39 is 6.36 Å². The third kappa shape index (κ3) is 3.68. The summed E-state index contributed by atoms with van der Waals surface area (Å²) >= 11 is 0. The second-order valence-corrected chi connectivity index (χ2v) is 4.67. The van der Waals surface area contributed by atoms with Crippen molar-refractivity contribution in [2.45, 2.75) is 26.8 Å². The van der Waals surface area contributed by atoms with Gasteiger partial charge < -0.3 is 10.1 Å². The molecule has 0 aliphatic heterocycles. The van der Waals surface area contributed by atoms with E-state index in [1.807, 2.05) is 20.9 Å². The van der Waals surface area contributed by atoms with Gasteiger partial charge in [-0.1, -0.05) is 12.1 Å². The average molecular weight is 299 g/mol. The molecule has 2 aromatic rings. The Bertz CT molecular complexity index is 635. The van der Waals surface area contributed by atoms with E-state index in [2.05, 4.69) is 15.2 Å². The Morgan fingerprint density at radius 1 is 1.24 bits per heavy atom. The summed E-state index contributed by atoms with van der Waals surface area (Å²) in [5.41, 5.74) is 3.06. The van der Waals surface area contributed by atoms with Gasteiger partial charge in [-0.3, -0.25) is 4.68 Å². The largest absolute Gasteiger partial charge is 0.573 e. The minimum absolute atomic E-state index is 0.246. The van der Waals surface area contributed by atoms with Crippen molar-refractivity contribution in [3.05, 3.63) is 41.2 Å². The normalized spacial score (nSPS) is 11.5. The maximum Gasteiger partial charge on any atom is 0.573 e. The SMILES string of the molecule is Cc1nn(C)c(C)c1CNc1ccccc1OC(F)(F)F. The molecule has 21 heavy (non-hydrogen) atoms. The molecule has 0 unspecified atom stereocenters. The second-order valence-electron chi connectivity index (χ2n) is 4.67. The van der Waals surface area contributed by atoms with E-state index in [9.17, 15) is 13.2 Å². The number of nitrogens with zero attached hydrogens (tertiary/aromatic N) is 2. The Labute approximate surface area is 120 Å². The van der Waals surface area contributed by atoms with Crippen LogP contribution in [-0.4, -0.2) is 16.1 Å². The van der Waals surface area contributed by atoms with Crippen LogP contribution in [-0.2, 0) is 13.6 Å². The highest BCUT2D eigenvalue weighted by atomic mass is 19.4. The van der Waals surface area contributed by atoms with Gasteiger partial charge in [0.2, 0.25) is 0 Å². The number of aryl methyl sites for hydroxylation is 2. The van der Waals surface area contributed by atoms with Crippen molar-refractivity contribution in [3.8, 4) is 5.75 Å². The number of hydrogen-bond donors (Lipinski definition) is 1. The summed E-state index contributed by atoms with van der Waals surface area (Å²) in [5, 5.41) is 7.24. The van der Waals surface area contributed by atoms with E-state index in [1.54, 1.807) is 16.8 Å². The molecule has 0 amide bonds. The number of halogens is 3. The number of hydrogen-bond acceptors (Lipinski definition) is 3. The third-order valence-corrected chi connectivity index (χ3v) is 3.23. The van der Waals surface area contributed by atoms with Crippen molar-refractivity contribution in [1.29, 1.82) is 0 Å². The molecule has 1 aromatic heterocycles. The number of aromatic nitrogens is 2. The number of anilines is 1. The first-order valence-electron chi connectivity index (χ1n) is 6.35. The Kier molecular flexibility index (Phi) is 4.11. The van der Waals surface area contributed by atoms with Crippen molar-refractivity contribution in [2.24, 2.45) is 7.05 Å². The molecule has 0 aliphatic carbocycles. The lowest BCUT2D eigenvalue weighted by Gasteiger charge is -2.14. The van der Waals surface area contributed by atoms with E-state index in [0.717, 1.165) is 17.0 Å².